The highest BCUT2D eigenvalue weighted by Crippen LogP contribution is 2.45. The van der Waals surface area contributed by atoms with Crippen LogP contribution in [0.5, 0.6) is 5.75 Å². The van der Waals surface area contributed by atoms with Crippen molar-refractivity contribution in [2.45, 2.75) is 5.92 Å². The molecular weight excluding hydrogens is 432 g/mol. The molecule has 11 heteroatoms. The van der Waals surface area contributed by atoms with Gasteiger partial charge in [-0.1, -0.05) is 30.3 Å². The molecule has 0 radical (unpaired) electrons. The normalized spacial score (nSPS) is 15.7. The van der Waals surface area contributed by atoms with Gasteiger partial charge in [-0.2, -0.15) is 5.26 Å². The van der Waals surface area contributed by atoms with Gasteiger partial charge in [-0.25, -0.2) is 9.59 Å². The zero-order valence-electron chi connectivity index (χ0n) is 17.5. The van der Waals surface area contributed by atoms with E-state index in [1.54, 1.807) is 30.3 Å². The molecule has 0 aromatic heterocycles. The molecule has 2 aromatic carbocycles. The fraction of sp³-hybridized carbons (Fsp3) is 0.136. The van der Waals surface area contributed by atoms with Gasteiger partial charge in [-0.15, -0.1) is 0 Å². The van der Waals surface area contributed by atoms with E-state index >= 15 is 0 Å². The number of methoxy groups -OCH3 is 2. The van der Waals surface area contributed by atoms with Crippen LogP contribution in [0.15, 0.2) is 71.2 Å². The molecule has 0 saturated carbocycles. The molecule has 1 aliphatic heterocycles. The summed E-state index contributed by atoms with van der Waals surface area (Å²) >= 11 is 0. The molecule has 1 heterocycles. The Hall–Kier alpha value is -4.85. The molecular formula is C22H18N4O7. The van der Waals surface area contributed by atoms with E-state index in [1.165, 1.54) is 0 Å². The number of aromatic hydroxyl groups is 1. The number of allylic oxidation sites excluding steroid dienone is 1. The molecule has 0 amide bonds. The number of non-ortho nitro benzene ring substituents is 1. The van der Waals surface area contributed by atoms with E-state index in [0.717, 1.165) is 37.3 Å². The van der Waals surface area contributed by atoms with Crippen molar-refractivity contribution in [3.8, 4) is 11.8 Å². The first-order chi connectivity index (χ1) is 15.8. The highest BCUT2D eigenvalue weighted by atomic mass is 16.6. The highest BCUT2D eigenvalue weighted by molar-refractivity contribution is 6.06. The van der Waals surface area contributed by atoms with E-state index < -0.39 is 39.9 Å². The maximum atomic E-state index is 12.9. The summed E-state index contributed by atoms with van der Waals surface area (Å²) in [5, 5.41) is 31.7. The Kier molecular flexibility index (Phi) is 6.30. The predicted octanol–water partition coefficient (Wildman–Crippen LogP) is 2.20. The summed E-state index contributed by atoms with van der Waals surface area (Å²) in [5.74, 6) is -3.92. The summed E-state index contributed by atoms with van der Waals surface area (Å²) < 4.78 is 9.76. The molecule has 0 saturated heterocycles. The van der Waals surface area contributed by atoms with Crippen molar-refractivity contribution >= 4 is 23.3 Å². The van der Waals surface area contributed by atoms with Crippen LogP contribution in [-0.2, 0) is 19.1 Å². The van der Waals surface area contributed by atoms with Crippen LogP contribution < -0.4 is 10.6 Å². The molecule has 0 spiro atoms. The Morgan fingerprint density at radius 3 is 2.33 bits per heavy atom. The number of hydrogen-bond acceptors (Lipinski definition) is 10. The molecule has 3 rings (SSSR count). The van der Waals surface area contributed by atoms with Crippen molar-refractivity contribution < 1.29 is 29.1 Å². The number of nitrogens with zero attached hydrogens (tertiary/aromatic N) is 3. The van der Waals surface area contributed by atoms with Crippen molar-refractivity contribution in [2.24, 2.45) is 5.73 Å². The Morgan fingerprint density at radius 1 is 1.15 bits per heavy atom. The van der Waals surface area contributed by atoms with Gasteiger partial charge >= 0.3 is 11.9 Å². The first-order valence-corrected chi connectivity index (χ1v) is 9.39. The van der Waals surface area contributed by atoms with Crippen LogP contribution in [-0.4, -0.2) is 36.2 Å². The van der Waals surface area contributed by atoms with Crippen LogP contribution in [0.25, 0.3) is 0 Å². The fourth-order valence-corrected chi connectivity index (χ4v) is 3.57. The fourth-order valence-electron chi connectivity index (χ4n) is 3.57. The van der Waals surface area contributed by atoms with Crippen LogP contribution in [0.1, 0.15) is 11.5 Å². The van der Waals surface area contributed by atoms with E-state index in [1.807, 2.05) is 6.07 Å². The van der Waals surface area contributed by atoms with E-state index in [-0.39, 0.29) is 22.7 Å². The summed E-state index contributed by atoms with van der Waals surface area (Å²) in [6.07, 6.45) is 0. The second-order valence-electron chi connectivity index (χ2n) is 6.77. The van der Waals surface area contributed by atoms with Crippen molar-refractivity contribution in [1.29, 1.82) is 5.26 Å². The third-order valence-electron chi connectivity index (χ3n) is 5.02. The van der Waals surface area contributed by atoms with Gasteiger partial charge in [0.05, 0.1) is 48.0 Å². The molecule has 1 aliphatic rings. The largest absolute Gasteiger partial charge is 0.506 e. The number of ether oxygens (including phenoxy) is 2. The SMILES string of the molecule is COC(=O)C1=C(C(=O)OC)N(c2cc([N+](=O)[O-])ccc2O)C(N)=C(C#N)C1c1ccccc1. The summed E-state index contributed by atoms with van der Waals surface area (Å²) in [6.45, 7) is 0. The van der Waals surface area contributed by atoms with E-state index in [2.05, 4.69) is 0 Å². The zero-order chi connectivity index (χ0) is 24.3. The topological polar surface area (TPSA) is 169 Å². The summed E-state index contributed by atoms with van der Waals surface area (Å²) in [4.78, 5) is 37.3. The number of nitro groups is 1. The number of nitriles is 1. The van der Waals surface area contributed by atoms with Crippen LogP contribution in [0.4, 0.5) is 11.4 Å². The molecule has 3 N–H and O–H groups in total. The molecule has 0 fully saturated rings. The number of hydrogen-bond donors (Lipinski definition) is 2. The smallest absolute Gasteiger partial charge is 0.355 e. The first-order valence-electron chi connectivity index (χ1n) is 9.39. The molecule has 11 nitrogen and oxygen atoms in total. The molecule has 1 unspecified atom stereocenters. The van der Waals surface area contributed by atoms with Crippen molar-refractivity contribution in [1.82, 2.24) is 0 Å². The average molecular weight is 450 g/mol. The number of nitrogens with two attached hydrogens (primary N) is 1. The van der Waals surface area contributed by atoms with Gasteiger partial charge in [0.15, 0.2) is 0 Å². The maximum absolute atomic E-state index is 12.9. The molecule has 0 aliphatic carbocycles. The van der Waals surface area contributed by atoms with E-state index in [9.17, 15) is 30.1 Å². The quantitative estimate of drug-likeness (QED) is 0.391. The van der Waals surface area contributed by atoms with Gasteiger partial charge < -0.3 is 20.3 Å². The van der Waals surface area contributed by atoms with E-state index in [4.69, 9.17) is 15.2 Å². The van der Waals surface area contributed by atoms with Gasteiger partial charge in [0.25, 0.3) is 5.69 Å². The molecule has 0 bridgehead atoms. The standard InChI is InChI=1S/C22H18N4O7/c1-32-21(28)18-17(12-6-4-3-5-7-12)14(11-23)20(24)25(19(18)22(29)33-2)15-10-13(26(30)31)8-9-16(15)27/h3-10,17,27H,24H2,1-2H3. The van der Waals surface area contributed by atoms with Gasteiger partial charge in [-0.05, 0) is 11.6 Å². The Bertz CT molecular complexity index is 1250. The van der Waals surface area contributed by atoms with Crippen molar-refractivity contribution in [2.75, 3.05) is 19.1 Å². The van der Waals surface area contributed by atoms with Crippen LogP contribution >= 0.6 is 0 Å². The maximum Gasteiger partial charge on any atom is 0.355 e. The predicted molar refractivity (Wildman–Crippen MR) is 114 cm³/mol. The number of phenols is 1. The Balaban J connectivity index is 2.46. The number of carbonyl (C=O) groups is 2. The Morgan fingerprint density at radius 2 is 1.79 bits per heavy atom. The molecule has 1 atom stereocenters. The second-order valence-corrected chi connectivity index (χ2v) is 6.77. The molecule has 33 heavy (non-hydrogen) atoms. The van der Waals surface area contributed by atoms with Gasteiger partial charge in [0, 0.05) is 12.1 Å². The lowest BCUT2D eigenvalue weighted by atomic mass is 9.81. The second kappa shape index (κ2) is 9.11. The number of nitro benzene ring substituents is 1. The minimum atomic E-state index is -1.10. The van der Waals surface area contributed by atoms with Crippen molar-refractivity contribution in [3.63, 3.8) is 0 Å². The third-order valence-corrected chi connectivity index (χ3v) is 5.02. The zero-order valence-corrected chi connectivity index (χ0v) is 17.5. The minimum absolute atomic E-state index is 0.139. The molecule has 168 valence electrons. The lowest BCUT2D eigenvalue weighted by molar-refractivity contribution is -0.384. The minimum Gasteiger partial charge on any atom is -0.506 e. The van der Waals surface area contributed by atoms with Gasteiger partial charge in [0.1, 0.15) is 17.3 Å². The van der Waals surface area contributed by atoms with Gasteiger partial charge in [-0.3, -0.25) is 15.0 Å². The number of rotatable bonds is 5. The number of esters is 2. The third kappa shape index (κ3) is 3.92. The first kappa shape index (κ1) is 22.8. The van der Waals surface area contributed by atoms with Crippen LogP contribution in [0.2, 0.25) is 0 Å². The van der Waals surface area contributed by atoms with E-state index in [0.29, 0.717) is 5.56 Å². The monoisotopic (exact) mass is 450 g/mol. The molecule has 2 aromatic rings. The Labute approximate surface area is 187 Å². The number of anilines is 1. The number of benzene rings is 2. The van der Waals surface area contributed by atoms with Crippen molar-refractivity contribution in [3.05, 3.63) is 86.9 Å². The average Bonchev–Trinajstić information content (AvgIpc) is 2.83. The van der Waals surface area contributed by atoms with Crippen LogP contribution in [0, 0.1) is 21.4 Å². The lowest BCUT2D eigenvalue weighted by Gasteiger charge is -2.35. The number of phenolic OH excluding ortho intramolecular Hbond substituents is 1. The number of carbonyl (C=O) groups excluding carboxylic acids is 2. The highest BCUT2D eigenvalue weighted by Gasteiger charge is 2.43. The summed E-state index contributed by atoms with van der Waals surface area (Å²) in [6, 6.07) is 13.3. The van der Waals surface area contributed by atoms with Gasteiger partial charge in [0.2, 0.25) is 0 Å². The summed E-state index contributed by atoms with van der Waals surface area (Å²) in [7, 11) is 2.15. The van der Waals surface area contributed by atoms with Crippen LogP contribution in [0.3, 0.4) is 0 Å². The lowest BCUT2D eigenvalue weighted by Crippen LogP contribution is -2.40. The summed E-state index contributed by atoms with van der Waals surface area (Å²) in [5.41, 5.74) is 5.14.